The number of nitrogens with one attached hydrogen (secondary N) is 2. The molecule has 0 fully saturated rings. The van der Waals surface area contributed by atoms with E-state index in [4.69, 9.17) is 0 Å². The van der Waals surface area contributed by atoms with E-state index >= 15 is 0 Å². The molecule has 0 bridgehead atoms. The van der Waals surface area contributed by atoms with Crippen molar-refractivity contribution in [1.29, 1.82) is 0 Å². The van der Waals surface area contributed by atoms with Gasteiger partial charge >= 0.3 is 0 Å². The van der Waals surface area contributed by atoms with Gasteiger partial charge in [-0.1, -0.05) is 30.3 Å². The Bertz CT molecular complexity index is 1230. The maximum Gasteiger partial charge on any atom is 0.250 e. The van der Waals surface area contributed by atoms with Crippen molar-refractivity contribution in [2.75, 3.05) is 13.1 Å². The molecule has 31 heavy (non-hydrogen) atoms. The smallest absolute Gasteiger partial charge is 0.250 e. The molecule has 7 nitrogen and oxygen atoms in total. The fourth-order valence-corrected chi connectivity index (χ4v) is 5.53. The lowest BCUT2D eigenvalue weighted by atomic mass is 10.0. The van der Waals surface area contributed by atoms with Crippen molar-refractivity contribution in [1.82, 2.24) is 19.8 Å². The molecule has 0 spiro atoms. The molecule has 0 saturated carbocycles. The summed E-state index contributed by atoms with van der Waals surface area (Å²) in [6, 6.07) is 10.6. The molecule has 4 rings (SSSR count). The van der Waals surface area contributed by atoms with Gasteiger partial charge in [0.25, 0.3) is 0 Å². The SMILES string of the molecule is Cc1cnn2c1CC=C(c1ccccc1O)C=C2NCCCNS(=O)(=O)c1cccs1. The predicted octanol–water partition coefficient (Wildman–Crippen LogP) is 3.35. The molecule has 1 aliphatic rings. The van der Waals surface area contributed by atoms with Crippen LogP contribution in [0.3, 0.4) is 0 Å². The zero-order chi connectivity index (χ0) is 21.8. The molecular formula is C22H24N4O3S2. The zero-order valence-corrected chi connectivity index (χ0v) is 18.7. The van der Waals surface area contributed by atoms with Crippen molar-refractivity contribution >= 4 is 32.8 Å². The number of allylic oxidation sites excluding steroid dienone is 3. The molecule has 0 saturated heterocycles. The van der Waals surface area contributed by atoms with Crippen molar-refractivity contribution in [2.24, 2.45) is 0 Å². The van der Waals surface area contributed by atoms with Crippen LogP contribution in [0.2, 0.25) is 0 Å². The van der Waals surface area contributed by atoms with E-state index in [9.17, 15) is 13.5 Å². The summed E-state index contributed by atoms with van der Waals surface area (Å²) in [5.41, 5.74) is 3.83. The molecule has 9 heteroatoms. The first-order chi connectivity index (χ1) is 15.0. The number of phenols is 1. The van der Waals surface area contributed by atoms with Crippen molar-refractivity contribution in [3.63, 3.8) is 0 Å². The van der Waals surface area contributed by atoms with Crippen LogP contribution in [0, 0.1) is 6.92 Å². The first-order valence-electron chi connectivity index (χ1n) is 9.97. The number of hydrogen-bond acceptors (Lipinski definition) is 6. The minimum Gasteiger partial charge on any atom is -0.507 e. The highest BCUT2D eigenvalue weighted by molar-refractivity contribution is 7.91. The Hall–Kier alpha value is -2.88. The van der Waals surface area contributed by atoms with Crippen LogP contribution >= 0.6 is 11.3 Å². The maximum atomic E-state index is 12.2. The molecule has 0 radical (unpaired) electrons. The molecule has 0 unspecified atom stereocenters. The first kappa shape index (κ1) is 21.4. The monoisotopic (exact) mass is 456 g/mol. The van der Waals surface area contributed by atoms with Crippen LogP contribution in [0.25, 0.3) is 11.4 Å². The Morgan fingerprint density at radius 2 is 2.03 bits per heavy atom. The average molecular weight is 457 g/mol. The fourth-order valence-electron chi connectivity index (χ4n) is 3.41. The minimum absolute atomic E-state index is 0.226. The highest BCUT2D eigenvalue weighted by atomic mass is 32.2. The first-order valence-corrected chi connectivity index (χ1v) is 12.3. The number of hydrogen-bond donors (Lipinski definition) is 3. The standard InChI is InChI=1S/C22H24N4O3S2/c1-16-15-24-26-19(16)10-9-17(18-6-2-3-7-20(18)27)14-21(26)23-11-5-12-25-31(28,29)22-8-4-13-30-22/h2-4,6-9,13-15,23,25,27H,5,10-12H2,1H3. The normalized spacial score (nSPS) is 13.8. The van der Waals surface area contributed by atoms with Gasteiger partial charge in [0.05, 0.1) is 11.9 Å². The third kappa shape index (κ3) is 4.73. The second-order valence-corrected chi connectivity index (χ2v) is 10.1. The number of aromatic nitrogens is 2. The Labute approximate surface area is 185 Å². The summed E-state index contributed by atoms with van der Waals surface area (Å²) in [6.45, 7) is 2.91. The Balaban J connectivity index is 1.46. The lowest BCUT2D eigenvalue weighted by Gasteiger charge is -2.14. The van der Waals surface area contributed by atoms with Gasteiger partial charge in [-0.2, -0.15) is 5.10 Å². The van der Waals surface area contributed by atoms with Crippen LogP contribution in [0.15, 0.2) is 64.3 Å². The minimum atomic E-state index is -3.45. The molecule has 3 N–H and O–H groups in total. The summed E-state index contributed by atoms with van der Waals surface area (Å²) in [7, 11) is -3.45. The van der Waals surface area contributed by atoms with Gasteiger partial charge in [-0.3, -0.25) is 0 Å². The van der Waals surface area contributed by atoms with E-state index in [1.165, 1.54) is 11.3 Å². The van der Waals surface area contributed by atoms with Gasteiger partial charge in [0.2, 0.25) is 10.0 Å². The van der Waals surface area contributed by atoms with E-state index in [2.05, 4.69) is 21.2 Å². The molecule has 3 heterocycles. The second-order valence-electron chi connectivity index (χ2n) is 7.21. The number of phenolic OH excluding ortho intramolecular Hbond substituents is 1. The highest BCUT2D eigenvalue weighted by Gasteiger charge is 2.17. The van der Waals surface area contributed by atoms with Crippen LogP contribution < -0.4 is 10.0 Å². The number of para-hydroxylation sites is 1. The van der Waals surface area contributed by atoms with Gasteiger partial charge in [-0.05, 0) is 48.1 Å². The number of fused-ring (bicyclic) bond motifs is 1. The number of rotatable bonds is 8. The quantitative estimate of drug-likeness (QED) is 0.452. The summed E-state index contributed by atoms with van der Waals surface area (Å²) in [4.78, 5) is 0. The van der Waals surface area contributed by atoms with Gasteiger partial charge in [-0.25, -0.2) is 17.8 Å². The molecule has 0 amide bonds. The number of aromatic hydroxyl groups is 1. The van der Waals surface area contributed by atoms with Crippen molar-refractivity contribution in [3.8, 4) is 5.75 Å². The van der Waals surface area contributed by atoms with Crippen LogP contribution in [-0.4, -0.2) is 36.4 Å². The van der Waals surface area contributed by atoms with E-state index in [-0.39, 0.29) is 5.75 Å². The fraction of sp³-hybridized carbons (Fsp3) is 0.227. The Morgan fingerprint density at radius 1 is 1.19 bits per heavy atom. The third-order valence-corrected chi connectivity index (χ3v) is 7.90. The van der Waals surface area contributed by atoms with Crippen molar-refractivity contribution < 1.29 is 13.5 Å². The van der Waals surface area contributed by atoms with E-state index in [1.54, 1.807) is 29.6 Å². The number of nitrogens with zero attached hydrogens (tertiary/aromatic N) is 2. The molecule has 0 aliphatic carbocycles. The number of thiophene rings is 1. The maximum absolute atomic E-state index is 12.2. The average Bonchev–Trinajstić information content (AvgIpc) is 3.37. The van der Waals surface area contributed by atoms with E-state index in [1.807, 2.05) is 36.0 Å². The van der Waals surface area contributed by atoms with Gasteiger partial charge in [0.15, 0.2) is 0 Å². The summed E-state index contributed by atoms with van der Waals surface area (Å²) < 4.78 is 29.3. The summed E-state index contributed by atoms with van der Waals surface area (Å²) in [6.07, 6.45) is 7.18. The molecule has 162 valence electrons. The van der Waals surface area contributed by atoms with Gasteiger partial charge < -0.3 is 10.4 Å². The number of aryl methyl sites for hydroxylation is 1. The van der Waals surface area contributed by atoms with Crippen molar-refractivity contribution in [2.45, 2.75) is 24.0 Å². The Kier molecular flexibility index (Phi) is 6.26. The second kappa shape index (κ2) is 9.09. The van der Waals surface area contributed by atoms with E-state index < -0.39 is 10.0 Å². The number of sulfonamides is 1. The molecular weight excluding hydrogens is 432 g/mol. The van der Waals surface area contributed by atoms with E-state index in [0.717, 1.165) is 28.2 Å². The summed E-state index contributed by atoms with van der Waals surface area (Å²) in [5.74, 6) is 1.01. The van der Waals surface area contributed by atoms with Crippen LogP contribution in [0.1, 0.15) is 23.2 Å². The van der Waals surface area contributed by atoms with Crippen LogP contribution in [0.4, 0.5) is 0 Å². The molecule has 2 aromatic heterocycles. The van der Waals surface area contributed by atoms with Gasteiger partial charge in [0.1, 0.15) is 15.8 Å². The molecule has 1 aliphatic heterocycles. The lowest BCUT2D eigenvalue weighted by Crippen LogP contribution is -2.27. The molecule has 0 atom stereocenters. The van der Waals surface area contributed by atoms with Gasteiger partial charge in [-0.15, -0.1) is 11.3 Å². The predicted molar refractivity (Wildman–Crippen MR) is 123 cm³/mol. The lowest BCUT2D eigenvalue weighted by molar-refractivity contribution is 0.473. The zero-order valence-electron chi connectivity index (χ0n) is 17.1. The Morgan fingerprint density at radius 3 is 2.81 bits per heavy atom. The number of benzene rings is 1. The summed E-state index contributed by atoms with van der Waals surface area (Å²) in [5, 5.41) is 19.9. The largest absolute Gasteiger partial charge is 0.507 e. The van der Waals surface area contributed by atoms with Gasteiger partial charge in [0, 0.05) is 25.1 Å². The van der Waals surface area contributed by atoms with Crippen LogP contribution in [0.5, 0.6) is 5.75 Å². The van der Waals surface area contributed by atoms with Crippen molar-refractivity contribution in [3.05, 3.63) is 76.9 Å². The molecule has 3 aromatic rings. The topological polar surface area (TPSA) is 96.2 Å². The summed E-state index contributed by atoms with van der Waals surface area (Å²) >= 11 is 1.20. The highest BCUT2D eigenvalue weighted by Crippen LogP contribution is 2.30. The third-order valence-electron chi connectivity index (χ3n) is 5.04. The van der Waals surface area contributed by atoms with E-state index in [0.29, 0.717) is 30.1 Å². The van der Waals surface area contributed by atoms with Crippen LogP contribution in [-0.2, 0) is 16.4 Å². The molecule has 1 aromatic carbocycles.